The van der Waals surface area contributed by atoms with Gasteiger partial charge in [0.15, 0.2) is 0 Å². The number of rotatable bonds is 4. The molecule has 0 N–H and O–H groups in total. The van der Waals surface area contributed by atoms with Gasteiger partial charge in [-0.15, -0.1) is 0 Å². The molecule has 0 bridgehead atoms. The first-order valence-corrected chi connectivity index (χ1v) is 5.23. The number of carbonyl (C=O) groups is 1. The van der Waals surface area contributed by atoms with Gasteiger partial charge >= 0.3 is 0 Å². The largest absolute Gasteiger partial charge is 0.492 e. The van der Waals surface area contributed by atoms with Gasteiger partial charge in [0.1, 0.15) is 12.0 Å². The van der Waals surface area contributed by atoms with Gasteiger partial charge in [-0.2, -0.15) is 0 Å². The van der Waals surface area contributed by atoms with Crippen LogP contribution in [0.25, 0.3) is 0 Å². The lowest BCUT2D eigenvalue weighted by Gasteiger charge is -2.06. The first-order valence-electron chi connectivity index (χ1n) is 4.15. The van der Waals surface area contributed by atoms with Crippen molar-refractivity contribution in [3.63, 3.8) is 0 Å². The molecule has 70 valence electrons. The maximum Gasteiger partial charge on any atom is 0.150 e. The quantitative estimate of drug-likeness (QED) is 0.629. The van der Waals surface area contributed by atoms with Crippen LogP contribution in [0.15, 0.2) is 18.2 Å². The highest BCUT2D eigenvalue weighted by molar-refractivity contribution is 14.1. The standard InChI is InChI=1S/C10H11IO2/c1-2-5-13-10-4-3-8(7-12)6-9(10)11/h3-4,6-7H,2,5H2,1H3. The summed E-state index contributed by atoms with van der Waals surface area (Å²) in [5.41, 5.74) is 0.688. The average molecular weight is 290 g/mol. The minimum atomic E-state index is 0.688. The highest BCUT2D eigenvalue weighted by Crippen LogP contribution is 2.21. The van der Waals surface area contributed by atoms with Crippen molar-refractivity contribution in [1.29, 1.82) is 0 Å². The molecule has 0 radical (unpaired) electrons. The van der Waals surface area contributed by atoms with Gasteiger partial charge in [-0.05, 0) is 47.2 Å². The van der Waals surface area contributed by atoms with E-state index in [1.54, 1.807) is 6.07 Å². The fourth-order valence-corrected chi connectivity index (χ4v) is 1.61. The van der Waals surface area contributed by atoms with Crippen molar-refractivity contribution in [2.75, 3.05) is 6.61 Å². The molecular weight excluding hydrogens is 279 g/mol. The Labute approximate surface area is 91.4 Å². The summed E-state index contributed by atoms with van der Waals surface area (Å²) in [6.45, 7) is 2.78. The van der Waals surface area contributed by atoms with Crippen LogP contribution < -0.4 is 4.74 Å². The SMILES string of the molecule is CCCOc1ccc(C=O)cc1I. The number of hydrogen-bond donors (Lipinski definition) is 0. The first kappa shape index (κ1) is 10.5. The fraction of sp³-hybridized carbons (Fsp3) is 0.300. The predicted octanol–water partition coefficient (Wildman–Crippen LogP) is 2.89. The van der Waals surface area contributed by atoms with Crippen LogP contribution in [0.1, 0.15) is 23.7 Å². The molecule has 0 fully saturated rings. The van der Waals surface area contributed by atoms with Gasteiger partial charge in [0.25, 0.3) is 0 Å². The van der Waals surface area contributed by atoms with Crippen molar-refractivity contribution in [1.82, 2.24) is 0 Å². The van der Waals surface area contributed by atoms with Crippen LogP contribution in [-0.2, 0) is 0 Å². The predicted molar refractivity (Wildman–Crippen MR) is 60.3 cm³/mol. The zero-order chi connectivity index (χ0) is 9.68. The molecule has 0 heterocycles. The topological polar surface area (TPSA) is 26.3 Å². The Balaban J connectivity index is 2.79. The normalized spacial score (nSPS) is 9.69. The molecule has 0 unspecified atom stereocenters. The summed E-state index contributed by atoms with van der Waals surface area (Å²) in [6.07, 6.45) is 1.83. The molecule has 1 aromatic rings. The second-order valence-electron chi connectivity index (χ2n) is 2.66. The lowest BCUT2D eigenvalue weighted by Crippen LogP contribution is -1.97. The van der Waals surface area contributed by atoms with Crippen molar-refractivity contribution >= 4 is 28.9 Å². The van der Waals surface area contributed by atoms with Crippen molar-refractivity contribution in [2.24, 2.45) is 0 Å². The molecule has 13 heavy (non-hydrogen) atoms. The molecular formula is C10H11IO2. The van der Waals surface area contributed by atoms with Gasteiger partial charge in [-0.1, -0.05) is 6.92 Å². The van der Waals surface area contributed by atoms with E-state index in [0.717, 1.165) is 28.6 Å². The number of hydrogen-bond acceptors (Lipinski definition) is 2. The third-order valence-corrected chi connectivity index (χ3v) is 2.40. The van der Waals surface area contributed by atoms with Crippen LogP contribution in [0, 0.1) is 3.57 Å². The Bertz CT molecular complexity index is 297. The van der Waals surface area contributed by atoms with E-state index in [-0.39, 0.29) is 0 Å². The number of carbonyl (C=O) groups excluding carboxylic acids is 1. The minimum absolute atomic E-state index is 0.688. The first-order chi connectivity index (χ1) is 6.27. The lowest BCUT2D eigenvalue weighted by molar-refractivity contribution is 0.112. The fourth-order valence-electron chi connectivity index (χ4n) is 0.919. The maximum absolute atomic E-state index is 10.4. The summed E-state index contributed by atoms with van der Waals surface area (Å²) in [4.78, 5) is 10.4. The molecule has 0 aromatic heterocycles. The third kappa shape index (κ3) is 2.99. The highest BCUT2D eigenvalue weighted by Gasteiger charge is 2.00. The van der Waals surface area contributed by atoms with Crippen molar-refractivity contribution in [3.8, 4) is 5.75 Å². The molecule has 0 aliphatic heterocycles. The number of ether oxygens (including phenoxy) is 1. The highest BCUT2D eigenvalue weighted by atomic mass is 127. The third-order valence-electron chi connectivity index (χ3n) is 1.55. The molecule has 0 atom stereocenters. The molecule has 0 amide bonds. The minimum Gasteiger partial charge on any atom is -0.492 e. The summed E-state index contributed by atoms with van der Waals surface area (Å²) in [7, 11) is 0. The Hall–Kier alpha value is -0.580. The van der Waals surface area contributed by atoms with Crippen LogP contribution in [0.4, 0.5) is 0 Å². The molecule has 3 heteroatoms. The van der Waals surface area contributed by atoms with Crippen LogP contribution in [0.2, 0.25) is 0 Å². The Morgan fingerprint density at radius 3 is 2.85 bits per heavy atom. The van der Waals surface area contributed by atoms with Gasteiger partial charge in [0.2, 0.25) is 0 Å². The maximum atomic E-state index is 10.4. The van der Waals surface area contributed by atoms with Gasteiger partial charge in [-0.25, -0.2) is 0 Å². The Morgan fingerprint density at radius 2 is 2.31 bits per heavy atom. The second-order valence-corrected chi connectivity index (χ2v) is 3.82. The monoisotopic (exact) mass is 290 g/mol. The summed E-state index contributed by atoms with van der Waals surface area (Å²) < 4.78 is 6.44. The van der Waals surface area contributed by atoms with Gasteiger partial charge in [0, 0.05) is 5.56 Å². The zero-order valence-electron chi connectivity index (χ0n) is 7.42. The van der Waals surface area contributed by atoms with Gasteiger partial charge in [0.05, 0.1) is 10.2 Å². The van der Waals surface area contributed by atoms with Crippen LogP contribution in [0.5, 0.6) is 5.75 Å². The van der Waals surface area contributed by atoms with Crippen LogP contribution >= 0.6 is 22.6 Å². The number of halogens is 1. The summed E-state index contributed by atoms with van der Waals surface area (Å²) in [6, 6.07) is 5.42. The molecule has 0 aliphatic rings. The van der Waals surface area contributed by atoms with Gasteiger partial charge < -0.3 is 4.74 Å². The van der Waals surface area contributed by atoms with E-state index in [9.17, 15) is 4.79 Å². The van der Waals surface area contributed by atoms with Crippen LogP contribution in [0.3, 0.4) is 0 Å². The van der Waals surface area contributed by atoms with E-state index in [2.05, 4.69) is 29.5 Å². The van der Waals surface area contributed by atoms with E-state index >= 15 is 0 Å². The van der Waals surface area contributed by atoms with E-state index in [1.165, 1.54) is 0 Å². The van der Waals surface area contributed by atoms with Crippen LogP contribution in [-0.4, -0.2) is 12.9 Å². The Kier molecular flexibility index (Phi) is 4.21. The molecule has 2 nitrogen and oxygen atoms in total. The molecule has 1 rings (SSSR count). The van der Waals surface area contributed by atoms with Crippen molar-refractivity contribution in [2.45, 2.75) is 13.3 Å². The molecule has 1 aromatic carbocycles. The van der Waals surface area contributed by atoms with E-state index in [0.29, 0.717) is 5.56 Å². The average Bonchev–Trinajstić information content (AvgIpc) is 2.16. The molecule has 0 spiro atoms. The molecule has 0 saturated carbocycles. The summed E-state index contributed by atoms with van der Waals surface area (Å²) in [5, 5.41) is 0. The van der Waals surface area contributed by atoms with E-state index in [1.807, 2.05) is 12.1 Å². The zero-order valence-corrected chi connectivity index (χ0v) is 9.58. The molecule has 0 saturated heterocycles. The Morgan fingerprint density at radius 1 is 1.54 bits per heavy atom. The summed E-state index contributed by atoms with van der Waals surface area (Å²) >= 11 is 2.17. The number of benzene rings is 1. The van der Waals surface area contributed by atoms with Crippen molar-refractivity contribution in [3.05, 3.63) is 27.3 Å². The smallest absolute Gasteiger partial charge is 0.150 e. The second kappa shape index (κ2) is 5.21. The molecule has 0 aliphatic carbocycles. The summed E-state index contributed by atoms with van der Waals surface area (Å²) in [5.74, 6) is 0.855. The van der Waals surface area contributed by atoms with Crippen molar-refractivity contribution < 1.29 is 9.53 Å². The van der Waals surface area contributed by atoms with E-state index in [4.69, 9.17) is 4.74 Å². The van der Waals surface area contributed by atoms with Gasteiger partial charge in [-0.3, -0.25) is 4.79 Å². The lowest BCUT2D eigenvalue weighted by atomic mass is 10.2. The van der Waals surface area contributed by atoms with E-state index < -0.39 is 0 Å². The number of aldehydes is 1.